The summed E-state index contributed by atoms with van der Waals surface area (Å²) in [5.74, 6) is -2.49. The lowest BCUT2D eigenvalue weighted by molar-refractivity contribution is -0.134. The van der Waals surface area contributed by atoms with Crippen LogP contribution in [0.5, 0.6) is 0 Å². The van der Waals surface area contributed by atoms with Gasteiger partial charge in [0.15, 0.2) is 5.58 Å². The molecule has 12 heteroatoms. The number of likely N-dealkylation sites (tertiary alicyclic amines) is 1. The number of piperidine rings is 2. The number of unbranched alkanes of at least 4 members (excludes halogenated alkanes) is 1. The second-order valence-electron chi connectivity index (χ2n) is 10.4. The molecule has 3 aliphatic heterocycles. The first-order chi connectivity index (χ1) is 19.2. The average Bonchev–Trinajstić information content (AvgIpc) is 3.35. The summed E-state index contributed by atoms with van der Waals surface area (Å²) >= 11 is 0. The quantitative estimate of drug-likeness (QED) is 0.365. The van der Waals surface area contributed by atoms with Crippen molar-refractivity contribution in [2.45, 2.75) is 63.3 Å². The summed E-state index contributed by atoms with van der Waals surface area (Å²) in [5.41, 5.74) is 1.46. The number of urea groups is 1. The molecule has 2 aromatic rings. The van der Waals surface area contributed by atoms with Crippen molar-refractivity contribution in [3.63, 3.8) is 0 Å². The van der Waals surface area contributed by atoms with Gasteiger partial charge < -0.3 is 24.5 Å². The van der Waals surface area contributed by atoms with E-state index in [1.165, 1.54) is 17.0 Å². The number of amides is 3. The van der Waals surface area contributed by atoms with E-state index in [0.717, 1.165) is 82.2 Å². The maximum atomic E-state index is 13.4. The van der Waals surface area contributed by atoms with Crippen LogP contribution in [0, 0.1) is 5.82 Å². The first-order valence-corrected chi connectivity index (χ1v) is 13.7. The molecule has 11 nitrogen and oxygen atoms in total. The Bertz CT molecular complexity index is 1240. The minimum Gasteiger partial charge on any atom is -0.478 e. The van der Waals surface area contributed by atoms with Crippen LogP contribution in [0.25, 0.3) is 11.0 Å². The van der Waals surface area contributed by atoms with E-state index in [9.17, 15) is 23.6 Å². The molecule has 1 unspecified atom stereocenters. The minimum absolute atomic E-state index is 0.00122. The molecule has 1 atom stereocenters. The fraction of sp³-hybridized carbons (Fsp3) is 0.536. The molecule has 5 rings (SSSR count). The standard InChI is InChI=1S/C24H31FN4O3.C4H4O4/c25-18-6-7-20-21(15-18)32-26-23(20)17-8-13-27(14-9-17)10-3-4-12-29-22(30)16-19-5-1-2-11-28(19)24(29)31;5-3(6)1-2-4(7)8/h6-7,15,17,19H,1-5,8-14,16H2;1-2H,(H,5,6)(H,7,8)/b;2-1+. The number of carbonyl (C=O) groups is 4. The number of fused-ring (bicyclic) bond motifs is 2. The molecule has 3 saturated heterocycles. The minimum atomic E-state index is -1.26. The number of rotatable bonds is 8. The van der Waals surface area contributed by atoms with Gasteiger partial charge in [0.1, 0.15) is 5.82 Å². The molecular weight excluding hydrogens is 523 g/mol. The number of halogens is 1. The number of carboxylic acid groups (broad SMARTS) is 2. The SMILES string of the molecule is O=C(O)/C=C/C(=O)O.O=C1CC2CCCCN2C(=O)N1CCCCN1CCC(c2noc3cc(F)ccc23)CC1. The van der Waals surface area contributed by atoms with Gasteiger partial charge in [-0.05, 0) is 76.7 Å². The molecule has 3 amide bonds. The number of hydrogen-bond donors (Lipinski definition) is 2. The lowest BCUT2D eigenvalue weighted by Gasteiger charge is -2.42. The van der Waals surface area contributed by atoms with Gasteiger partial charge >= 0.3 is 18.0 Å². The smallest absolute Gasteiger partial charge is 0.328 e. The lowest BCUT2D eigenvalue weighted by Crippen LogP contribution is -2.58. The normalized spacial score (nSPS) is 20.5. The Labute approximate surface area is 231 Å². The van der Waals surface area contributed by atoms with Crippen LogP contribution in [0.1, 0.15) is 63.0 Å². The van der Waals surface area contributed by atoms with Crippen molar-refractivity contribution in [2.24, 2.45) is 0 Å². The largest absolute Gasteiger partial charge is 0.478 e. The summed E-state index contributed by atoms with van der Waals surface area (Å²) in [6, 6.07) is 4.66. The second-order valence-corrected chi connectivity index (χ2v) is 10.4. The van der Waals surface area contributed by atoms with Crippen LogP contribution in [0.4, 0.5) is 9.18 Å². The van der Waals surface area contributed by atoms with Gasteiger partial charge in [-0.2, -0.15) is 0 Å². The molecule has 40 heavy (non-hydrogen) atoms. The van der Waals surface area contributed by atoms with Crippen molar-refractivity contribution >= 4 is 34.8 Å². The number of benzene rings is 1. The molecule has 3 fully saturated rings. The van der Waals surface area contributed by atoms with E-state index < -0.39 is 11.9 Å². The van der Waals surface area contributed by atoms with Gasteiger partial charge in [-0.3, -0.25) is 9.69 Å². The van der Waals surface area contributed by atoms with Gasteiger partial charge in [-0.15, -0.1) is 0 Å². The zero-order valence-corrected chi connectivity index (χ0v) is 22.3. The lowest BCUT2D eigenvalue weighted by atomic mass is 9.91. The molecule has 0 saturated carbocycles. The van der Waals surface area contributed by atoms with E-state index in [1.54, 1.807) is 6.07 Å². The van der Waals surface area contributed by atoms with E-state index in [1.807, 2.05) is 4.90 Å². The molecular formula is C28H35FN4O7. The van der Waals surface area contributed by atoms with Gasteiger partial charge in [0.2, 0.25) is 5.91 Å². The highest BCUT2D eigenvalue weighted by Crippen LogP contribution is 2.33. The van der Waals surface area contributed by atoms with Crippen LogP contribution in [0.3, 0.4) is 0 Å². The maximum Gasteiger partial charge on any atom is 0.328 e. The van der Waals surface area contributed by atoms with Gasteiger partial charge in [-0.1, -0.05) is 5.16 Å². The number of carboxylic acids is 2. The van der Waals surface area contributed by atoms with E-state index in [0.29, 0.717) is 36.6 Å². The predicted octanol–water partition coefficient (Wildman–Crippen LogP) is 3.85. The maximum absolute atomic E-state index is 13.4. The van der Waals surface area contributed by atoms with Crippen molar-refractivity contribution in [1.82, 2.24) is 19.9 Å². The van der Waals surface area contributed by atoms with Crippen LogP contribution in [-0.4, -0.2) is 92.7 Å². The Hall–Kier alpha value is -3.80. The zero-order valence-electron chi connectivity index (χ0n) is 22.3. The van der Waals surface area contributed by atoms with Crippen molar-refractivity contribution < 1.29 is 38.3 Å². The van der Waals surface area contributed by atoms with E-state index in [4.69, 9.17) is 14.7 Å². The Morgan fingerprint density at radius 3 is 2.40 bits per heavy atom. The molecule has 1 aromatic heterocycles. The van der Waals surface area contributed by atoms with Crippen LogP contribution in [-0.2, 0) is 14.4 Å². The molecule has 0 aliphatic carbocycles. The highest BCUT2D eigenvalue weighted by molar-refractivity contribution is 5.97. The number of carbonyl (C=O) groups excluding carboxylic acids is 2. The van der Waals surface area contributed by atoms with E-state index in [-0.39, 0.29) is 23.8 Å². The molecule has 0 bridgehead atoms. The van der Waals surface area contributed by atoms with Gasteiger partial charge in [-0.25, -0.2) is 18.8 Å². The number of hydrogen-bond acceptors (Lipinski definition) is 7. The highest BCUT2D eigenvalue weighted by Gasteiger charge is 2.39. The summed E-state index contributed by atoms with van der Waals surface area (Å²) < 4.78 is 18.7. The van der Waals surface area contributed by atoms with Crippen LogP contribution in [0.2, 0.25) is 0 Å². The first-order valence-electron chi connectivity index (χ1n) is 13.7. The second kappa shape index (κ2) is 13.5. The fourth-order valence-electron chi connectivity index (χ4n) is 5.66. The molecule has 216 valence electrons. The topological polar surface area (TPSA) is 144 Å². The summed E-state index contributed by atoms with van der Waals surface area (Å²) in [4.78, 5) is 50.1. The number of aliphatic carboxylic acids is 2. The third-order valence-corrected chi connectivity index (χ3v) is 7.73. The summed E-state index contributed by atoms with van der Waals surface area (Å²) in [7, 11) is 0. The van der Waals surface area contributed by atoms with Crippen molar-refractivity contribution in [3.8, 4) is 0 Å². The molecule has 3 aliphatic rings. The van der Waals surface area contributed by atoms with Crippen LogP contribution in [0.15, 0.2) is 34.9 Å². The van der Waals surface area contributed by atoms with Gasteiger partial charge in [0.05, 0.1) is 5.69 Å². The molecule has 2 N–H and O–H groups in total. The summed E-state index contributed by atoms with van der Waals surface area (Å²) in [6.07, 6.45) is 8.53. The Balaban J connectivity index is 0.000000406. The van der Waals surface area contributed by atoms with Crippen molar-refractivity contribution in [1.29, 1.82) is 0 Å². The van der Waals surface area contributed by atoms with E-state index >= 15 is 0 Å². The first kappa shape index (κ1) is 29.2. The van der Waals surface area contributed by atoms with Gasteiger partial charge in [0, 0.05) is 55.1 Å². The van der Waals surface area contributed by atoms with Crippen LogP contribution < -0.4 is 0 Å². The van der Waals surface area contributed by atoms with Gasteiger partial charge in [0.25, 0.3) is 0 Å². The third-order valence-electron chi connectivity index (χ3n) is 7.73. The molecule has 0 spiro atoms. The monoisotopic (exact) mass is 558 g/mol. The molecule has 0 radical (unpaired) electrons. The Morgan fingerprint density at radius 2 is 1.70 bits per heavy atom. The molecule has 4 heterocycles. The summed E-state index contributed by atoms with van der Waals surface area (Å²) in [6.45, 7) is 4.26. The number of aromatic nitrogens is 1. The average molecular weight is 559 g/mol. The third kappa shape index (κ3) is 7.44. The summed E-state index contributed by atoms with van der Waals surface area (Å²) in [5, 5.41) is 20.8. The Morgan fingerprint density at radius 1 is 1.00 bits per heavy atom. The molecule has 1 aromatic carbocycles. The number of nitrogens with zero attached hydrogens (tertiary/aromatic N) is 4. The van der Waals surface area contributed by atoms with Crippen LogP contribution >= 0.6 is 0 Å². The number of imide groups is 1. The van der Waals surface area contributed by atoms with Crippen molar-refractivity contribution in [3.05, 3.63) is 41.9 Å². The van der Waals surface area contributed by atoms with Crippen molar-refractivity contribution in [2.75, 3.05) is 32.7 Å². The predicted molar refractivity (Wildman–Crippen MR) is 142 cm³/mol. The zero-order chi connectivity index (χ0) is 28.6. The highest BCUT2D eigenvalue weighted by atomic mass is 19.1. The fourth-order valence-corrected chi connectivity index (χ4v) is 5.66. The Kier molecular flexibility index (Phi) is 9.86. The van der Waals surface area contributed by atoms with E-state index in [2.05, 4.69) is 10.1 Å².